The summed E-state index contributed by atoms with van der Waals surface area (Å²) in [7, 11) is 0. The monoisotopic (exact) mass is 206 g/mol. The van der Waals surface area contributed by atoms with Crippen molar-refractivity contribution in [2.45, 2.75) is 38.8 Å². The molecule has 1 aromatic heterocycles. The van der Waals surface area contributed by atoms with Crippen molar-refractivity contribution < 1.29 is 5.11 Å². The lowest BCUT2D eigenvalue weighted by atomic mass is 10.2. The number of pyridine rings is 1. The minimum Gasteiger partial charge on any atom is -0.387 e. The predicted molar refractivity (Wildman–Crippen MR) is 60.9 cm³/mol. The van der Waals surface area contributed by atoms with Crippen LogP contribution in [0.25, 0.3) is 0 Å². The maximum Gasteiger partial charge on any atom is 0.0931 e. The van der Waals surface area contributed by atoms with E-state index in [1.165, 1.54) is 18.5 Å². The quantitative estimate of drug-likeness (QED) is 0.805. The van der Waals surface area contributed by atoms with Gasteiger partial charge < -0.3 is 10.0 Å². The molecule has 0 saturated carbocycles. The molecule has 0 radical (unpaired) electrons. The first-order chi connectivity index (χ1) is 7.18. The number of anilines is 1. The van der Waals surface area contributed by atoms with E-state index in [-0.39, 0.29) is 0 Å². The van der Waals surface area contributed by atoms with Crippen LogP contribution in [-0.2, 0) is 0 Å². The molecule has 1 N–H and O–H groups in total. The smallest absolute Gasteiger partial charge is 0.0931 e. The molecule has 2 heterocycles. The summed E-state index contributed by atoms with van der Waals surface area (Å²) in [5.74, 6) is 0. The third-order valence-electron chi connectivity index (χ3n) is 3.08. The number of nitrogens with zero attached hydrogens (tertiary/aromatic N) is 2. The van der Waals surface area contributed by atoms with Crippen molar-refractivity contribution in [1.82, 2.24) is 4.98 Å². The second kappa shape index (κ2) is 4.19. The maximum atomic E-state index is 9.36. The maximum absolute atomic E-state index is 9.36. The van der Waals surface area contributed by atoms with E-state index < -0.39 is 6.10 Å². The molecule has 1 saturated heterocycles. The molecule has 0 spiro atoms. The molecule has 15 heavy (non-hydrogen) atoms. The molecule has 0 aromatic carbocycles. The number of rotatable bonds is 2. The molecule has 1 fully saturated rings. The molecule has 0 aliphatic carbocycles. The highest BCUT2D eigenvalue weighted by Crippen LogP contribution is 2.25. The third-order valence-corrected chi connectivity index (χ3v) is 3.08. The molecule has 1 aliphatic rings. The van der Waals surface area contributed by atoms with Crippen LogP contribution < -0.4 is 4.90 Å². The van der Waals surface area contributed by atoms with Crippen LogP contribution in [0.4, 0.5) is 5.69 Å². The van der Waals surface area contributed by atoms with E-state index >= 15 is 0 Å². The van der Waals surface area contributed by atoms with Gasteiger partial charge in [0.2, 0.25) is 0 Å². The van der Waals surface area contributed by atoms with E-state index in [0.29, 0.717) is 6.04 Å². The van der Waals surface area contributed by atoms with Gasteiger partial charge in [-0.2, -0.15) is 0 Å². The Morgan fingerprint density at radius 3 is 2.80 bits per heavy atom. The molecule has 0 bridgehead atoms. The van der Waals surface area contributed by atoms with E-state index in [9.17, 15) is 5.11 Å². The van der Waals surface area contributed by atoms with Gasteiger partial charge >= 0.3 is 0 Å². The average molecular weight is 206 g/mol. The number of aromatic nitrogens is 1. The van der Waals surface area contributed by atoms with Gasteiger partial charge in [-0.15, -0.1) is 0 Å². The van der Waals surface area contributed by atoms with Gasteiger partial charge in [0.1, 0.15) is 0 Å². The Kier molecular flexibility index (Phi) is 2.91. The zero-order chi connectivity index (χ0) is 10.8. The number of hydrogen-bond acceptors (Lipinski definition) is 3. The van der Waals surface area contributed by atoms with Crippen molar-refractivity contribution in [2.24, 2.45) is 0 Å². The fourth-order valence-corrected chi connectivity index (χ4v) is 2.13. The van der Waals surface area contributed by atoms with Gasteiger partial charge in [0.05, 0.1) is 23.7 Å². The number of hydrogen-bond donors (Lipinski definition) is 1. The van der Waals surface area contributed by atoms with Gasteiger partial charge in [0, 0.05) is 12.6 Å². The van der Waals surface area contributed by atoms with Gasteiger partial charge in [0.15, 0.2) is 0 Å². The molecule has 2 rings (SSSR count). The first-order valence-electron chi connectivity index (χ1n) is 5.59. The highest BCUT2D eigenvalue weighted by atomic mass is 16.3. The molecule has 0 amide bonds. The SMILES string of the molecule is CC1CCCN1c1ccc([C@@H](C)O)nc1. The highest BCUT2D eigenvalue weighted by molar-refractivity contribution is 5.46. The molecular formula is C12H18N2O. The van der Waals surface area contributed by atoms with Gasteiger partial charge in [-0.3, -0.25) is 4.98 Å². The second-order valence-electron chi connectivity index (χ2n) is 4.30. The van der Waals surface area contributed by atoms with Gasteiger partial charge in [-0.25, -0.2) is 0 Å². The van der Waals surface area contributed by atoms with Crippen LogP contribution in [0.3, 0.4) is 0 Å². The Balaban J connectivity index is 2.16. The lowest BCUT2D eigenvalue weighted by molar-refractivity contribution is 0.194. The van der Waals surface area contributed by atoms with E-state index in [0.717, 1.165) is 12.2 Å². The van der Waals surface area contributed by atoms with Crippen LogP contribution in [0.1, 0.15) is 38.5 Å². The van der Waals surface area contributed by atoms with Gasteiger partial charge in [0.25, 0.3) is 0 Å². The minimum absolute atomic E-state index is 0.477. The Morgan fingerprint density at radius 2 is 2.33 bits per heavy atom. The largest absolute Gasteiger partial charge is 0.387 e. The first kappa shape index (κ1) is 10.4. The summed E-state index contributed by atoms with van der Waals surface area (Å²) in [6.07, 6.45) is 3.91. The topological polar surface area (TPSA) is 36.4 Å². The molecule has 1 unspecified atom stereocenters. The van der Waals surface area contributed by atoms with Gasteiger partial charge in [-0.05, 0) is 38.8 Å². The summed E-state index contributed by atoms with van der Waals surface area (Å²) in [5, 5.41) is 9.36. The van der Waals surface area contributed by atoms with E-state index in [1.54, 1.807) is 6.92 Å². The minimum atomic E-state index is -0.477. The van der Waals surface area contributed by atoms with E-state index in [1.807, 2.05) is 12.3 Å². The summed E-state index contributed by atoms with van der Waals surface area (Å²) in [4.78, 5) is 6.64. The highest BCUT2D eigenvalue weighted by Gasteiger charge is 2.20. The molecule has 3 nitrogen and oxygen atoms in total. The second-order valence-corrected chi connectivity index (χ2v) is 4.30. The lowest BCUT2D eigenvalue weighted by Crippen LogP contribution is -2.26. The van der Waals surface area contributed by atoms with Crippen molar-refractivity contribution >= 4 is 5.69 Å². The summed E-state index contributed by atoms with van der Waals surface area (Å²) in [6, 6.07) is 4.58. The molecule has 1 aliphatic heterocycles. The zero-order valence-corrected chi connectivity index (χ0v) is 9.35. The lowest BCUT2D eigenvalue weighted by Gasteiger charge is -2.23. The summed E-state index contributed by atoms with van der Waals surface area (Å²) in [6.45, 7) is 5.10. The van der Waals surface area contributed by atoms with Crippen molar-refractivity contribution in [3.8, 4) is 0 Å². The molecule has 82 valence electrons. The molecule has 2 atom stereocenters. The summed E-state index contributed by atoms with van der Waals surface area (Å²) >= 11 is 0. The summed E-state index contributed by atoms with van der Waals surface area (Å²) < 4.78 is 0. The van der Waals surface area contributed by atoms with Crippen LogP contribution in [0, 0.1) is 0 Å². The normalized spacial score (nSPS) is 23.1. The van der Waals surface area contributed by atoms with Crippen LogP contribution >= 0.6 is 0 Å². The van der Waals surface area contributed by atoms with Crippen LogP contribution in [0.15, 0.2) is 18.3 Å². The number of aliphatic hydroxyl groups excluding tert-OH is 1. The van der Waals surface area contributed by atoms with E-state index in [4.69, 9.17) is 0 Å². The Morgan fingerprint density at radius 1 is 1.53 bits per heavy atom. The Hall–Kier alpha value is -1.09. The predicted octanol–water partition coefficient (Wildman–Crippen LogP) is 2.12. The van der Waals surface area contributed by atoms with Crippen molar-refractivity contribution in [3.05, 3.63) is 24.0 Å². The van der Waals surface area contributed by atoms with E-state index in [2.05, 4.69) is 22.9 Å². The van der Waals surface area contributed by atoms with Crippen molar-refractivity contribution in [3.63, 3.8) is 0 Å². The molecule has 1 aromatic rings. The van der Waals surface area contributed by atoms with Crippen LogP contribution in [0.5, 0.6) is 0 Å². The van der Waals surface area contributed by atoms with Crippen molar-refractivity contribution in [2.75, 3.05) is 11.4 Å². The van der Waals surface area contributed by atoms with Crippen LogP contribution in [0.2, 0.25) is 0 Å². The Labute approximate surface area is 90.8 Å². The Bertz CT molecular complexity index is 321. The molecular weight excluding hydrogens is 188 g/mol. The third kappa shape index (κ3) is 2.12. The number of aliphatic hydroxyl groups is 1. The first-order valence-corrected chi connectivity index (χ1v) is 5.59. The standard InChI is InChI=1S/C12H18N2O/c1-9-4-3-7-14(9)11-5-6-12(10(2)15)13-8-11/h5-6,8-10,15H,3-4,7H2,1-2H3/t9?,10-/m1/s1. The fraction of sp³-hybridized carbons (Fsp3) is 0.583. The summed E-state index contributed by atoms with van der Waals surface area (Å²) in [5.41, 5.74) is 1.91. The average Bonchev–Trinajstić information content (AvgIpc) is 2.65. The molecule has 3 heteroatoms. The zero-order valence-electron chi connectivity index (χ0n) is 9.35. The van der Waals surface area contributed by atoms with Crippen molar-refractivity contribution in [1.29, 1.82) is 0 Å². The fourth-order valence-electron chi connectivity index (χ4n) is 2.13. The van der Waals surface area contributed by atoms with Gasteiger partial charge in [-0.1, -0.05) is 0 Å². The van der Waals surface area contributed by atoms with Crippen LogP contribution in [-0.4, -0.2) is 22.7 Å².